The Balaban J connectivity index is 2.20. The van der Waals surface area contributed by atoms with Gasteiger partial charge in [0.15, 0.2) is 6.10 Å². The zero-order valence-corrected chi connectivity index (χ0v) is 13.6. The van der Waals surface area contributed by atoms with Crippen molar-refractivity contribution in [3.8, 4) is 0 Å². The van der Waals surface area contributed by atoms with Crippen molar-refractivity contribution in [2.45, 2.75) is 19.6 Å². The van der Waals surface area contributed by atoms with Crippen LogP contribution in [0.25, 0.3) is 0 Å². The SMILES string of the molecule is CCOC(=O)C(OCc1ccccc1)c1cc(Cl)cc(Cl)c1. The fourth-order valence-corrected chi connectivity index (χ4v) is 2.54. The van der Waals surface area contributed by atoms with Crippen molar-refractivity contribution in [1.29, 1.82) is 0 Å². The number of esters is 1. The lowest BCUT2D eigenvalue weighted by atomic mass is 10.1. The Morgan fingerprint density at radius 2 is 1.73 bits per heavy atom. The Morgan fingerprint density at radius 3 is 2.32 bits per heavy atom. The molecule has 0 aliphatic rings. The molecule has 0 N–H and O–H groups in total. The van der Waals surface area contributed by atoms with Crippen molar-refractivity contribution < 1.29 is 14.3 Å². The first kappa shape index (κ1) is 16.8. The second kappa shape index (κ2) is 8.18. The average Bonchev–Trinajstić information content (AvgIpc) is 2.48. The molecule has 22 heavy (non-hydrogen) atoms. The molecule has 0 heterocycles. The number of ether oxygens (including phenoxy) is 2. The molecule has 116 valence electrons. The first-order valence-corrected chi connectivity index (χ1v) is 7.64. The van der Waals surface area contributed by atoms with Gasteiger partial charge in [-0.05, 0) is 36.2 Å². The average molecular weight is 339 g/mol. The van der Waals surface area contributed by atoms with E-state index in [1.807, 2.05) is 30.3 Å². The topological polar surface area (TPSA) is 35.5 Å². The molecule has 1 atom stereocenters. The van der Waals surface area contributed by atoms with Crippen molar-refractivity contribution in [2.24, 2.45) is 0 Å². The highest BCUT2D eigenvalue weighted by Gasteiger charge is 2.23. The summed E-state index contributed by atoms with van der Waals surface area (Å²) in [7, 11) is 0. The van der Waals surface area contributed by atoms with Gasteiger partial charge in [-0.15, -0.1) is 0 Å². The van der Waals surface area contributed by atoms with Crippen LogP contribution >= 0.6 is 23.2 Å². The maximum atomic E-state index is 12.2. The minimum Gasteiger partial charge on any atom is -0.464 e. The normalized spacial score (nSPS) is 12.0. The highest BCUT2D eigenvalue weighted by atomic mass is 35.5. The molecule has 0 saturated heterocycles. The van der Waals surface area contributed by atoms with E-state index in [2.05, 4.69) is 0 Å². The molecule has 0 aromatic heterocycles. The number of rotatable bonds is 6. The minimum absolute atomic E-state index is 0.276. The number of carbonyl (C=O) groups excluding carboxylic acids is 1. The quantitative estimate of drug-likeness (QED) is 0.708. The van der Waals surface area contributed by atoms with Crippen LogP contribution in [-0.2, 0) is 20.9 Å². The summed E-state index contributed by atoms with van der Waals surface area (Å²) in [6.45, 7) is 2.31. The molecule has 1 unspecified atom stereocenters. The standard InChI is InChI=1S/C17H16Cl2O3/c1-2-21-17(20)16(13-8-14(18)10-15(19)9-13)22-11-12-6-4-3-5-7-12/h3-10,16H,2,11H2,1H3. The Bertz CT molecular complexity index is 609. The van der Waals surface area contributed by atoms with Crippen molar-refractivity contribution in [3.63, 3.8) is 0 Å². The van der Waals surface area contributed by atoms with Crippen molar-refractivity contribution in [1.82, 2.24) is 0 Å². The van der Waals surface area contributed by atoms with E-state index in [0.29, 0.717) is 15.6 Å². The molecular weight excluding hydrogens is 323 g/mol. The maximum Gasteiger partial charge on any atom is 0.339 e. The Labute approximate surface area is 139 Å². The fourth-order valence-electron chi connectivity index (χ4n) is 2.00. The van der Waals surface area contributed by atoms with Gasteiger partial charge in [0.1, 0.15) is 0 Å². The number of benzene rings is 2. The highest BCUT2D eigenvalue weighted by molar-refractivity contribution is 6.34. The molecular formula is C17H16Cl2O3. The lowest BCUT2D eigenvalue weighted by Gasteiger charge is -2.17. The molecule has 0 fully saturated rings. The van der Waals surface area contributed by atoms with E-state index in [1.165, 1.54) is 0 Å². The van der Waals surface area contributed by atoms with Crippen LogP contribution in [0.3, 0.4) is 0 Å². The predicted octanol–water partition coefficient (Wildman–Crippen LogP) is 4.81. The van der Waals surface area contributed by atoms with Crippen LogP contribution in [0.5, 0.6) is 0 Å². The lowest BCUT2D eigenvalue weighted by molar-refractivity contribution is -0.158. The predicted molar refractivity (Wildman–Crippen MR) is 87.1 cm³/mol. The highest BCUT2D eigenvalue weighted by Crippen LogP contribution is 2.27. The Kier molecular flexibility index (Phi) is 6.25. The van der Waals surface area contributed by atoms with E-state index >= 15 is 0 Å². The number of hydrogen-bond acceptors (Lipinski definition) is 3. The summed E-state index contributed by atoms with van der Waals surface area (Å²) in [5.41, 5.74) is 1.54. The summed E-state index contributed by atoms with van der Waals surface area (Å²) in [5.74, 6) is -0.461. The van der Waals surface area contributed by atoms with Gasteiger partial charge < -0.3 is 9.47 Å². The summed E-state index contributed by atoms with van der Waals surface area (Å²) in [4.78, 5) is 12.2. The third-order valence-corrected chi connectivity index (χ3v) is 3.38. The van der Waals surface area contributed by atoms with E-state index in [1.54, 1.807) is 25.1 Å². The maximum absolute atomic E-state index is 12.2. The Morgan fingerprint density at radius 1 is 1.09 bits per heavy atom. The lowest BCUT2D eigenvalue weighted by Crippen LogP contribution is -2.19. The first-order chi connectivity index (χ1) is 10.6. The van der Waals surface area contributed by atoms with E-state index < -0.39 is 12.1 Å². The number of hydrogen-bond donors (Lipinski definition) is 0. The molecule has 5 heteroatoms. The Hall–Kier alpha value is -1.55. The number of carbonyl (C=O) groups is 1. The van der Waals surface area contributed by atoms with Crippen LogP contribution in [0.1, 0.15) is 24.2 Å². The smallest absolute Gasteiger partial charge is 0.339 e. The molecule has 0 bridgehead atoms. The van der Waals surface area contributed by atoms with Crippen LogP contribution < -0.4 is 0 Å². The van der Waals surface area contributed by atoms with E-state index in [9.17, 15) is 4.79 Å². The van der Waals surface area contributed by atoms with Gasteiger partial charge in [0.2, 0.25) is 0 Å². The monoisotopic (exact) mass is 338 g/mol. The molecule has 0 radical (unpaired) electrons. The molecule has 2 aromatic carbocycles. The van der Waals surface area contributed by atoms with Crippen molar-refractivity contribution in [3.05, 3.63) is 69.7 Å². The van der Waals surface area contributed by atoms with Crippen molar-refractivity contribution in [2.75, 3.05) is 6.61 Å². The van der Waals surface area contributed by atoms with Crippen LogP contribution in [0.15, 0.2) is 48.5 Å². The van der Waals surface area contributed by atoms with Crippen LogP contribution in [0, 0.1) is 0 Å². The molecule has 0 aliphatic heterocycles. The van der Waals surface area contributed by atoms with Crippen LogP contribution in [-0.4, -0.2) is 12.6 Å². The zero-order valence-electron chi connectivity index (χ0n) is 12.1. The molecule has 2 rings (SSSR count). The molecule has 0 spiro atoms. The van der Waals surface area contributed by atoms with Gasteiger partial charge in [-0.25, -0.2) is 4.79 Å². The zero-order chi connectivity index (χ0) is 15.9. The fraction of sp³-hybridized carbons (Fsp3) is 0.235. The van der Waals surface area contributed by atoms with Gasteiger partial charge in [-0.1, -0.05) is 53.5 Å². The van der Waals surface area contributed by atoms with Crippen LogP contribution in [0.2, 0.25) is 10.0 Å². The summed E-state index contributed by atoms with van der Waals surface area (Å²) < 4.78 is 10.8. The second-order valence-electron chi connectivity index (χ2n) is 4.63. The van der Waals surface area contributed by atoms with Gasteiger partial charge in [0, 0.05) is 10.0 Å². The second-order valence-corrected chi connectivity index (χ2v) is 5.50. The first-order valence-electron chi connectivity index (χ1n) is 6.88. The van der Waals surface area contributed by atoms with E-state index in [-0.39, 0.29) is 13.2 Å². The number of halogens is 2. The molecule has 2 aromatic rings. The van der Waals surface area contributed by atoms with Gasteiger partial charge >= 0.3 is 5.97 Å². The van der Waals surface area contributed by atoms with Gasteiger partial charge in [0.25, 0.3) is 0 Å². The van der Waals surface area contributed by atoms with Crippen molar-refractivity contribution >= 4 is 29.2 Å². The molecule has 0 saturated carbocycles. The van der Waals surface area contributed by atoms with Crippen LogP contribution in [0.4, 0.5) is 0 Å². The minimum atomic E-state index is -0.864. The summed E-state index contributed by atoms with van der Waals surface area (Å²) in [6, 6.07) is 14.5. The van der Waals surface area contributed by atoms with E-state index in [0.717, 1.165) is 5.56 Å². The summed E-state index contributed by atoms with van der Waals surface area (Å²) >= 11 is 12.0. The third kappa shape index (κ3) is 4.73. The molecule has 0 amide bonds. The summed E-state index contributed by atoms with van der Waals surface area (Å²) in [5, 5.41) is 0.889. The van der Waals surface area contributed by atoms with Gasteiger partial charge in [0.05, 0.1) is 13.2 Å². The third-order valence-electron chi connectivity index (χ3n) is 2.95. The van der Waals surface area contributed by atoms with Gasteiger partial charge in [-0.3, -0.25) is 0 Å². The van der Waals surface area contributed by atoms with E-state index in [4.69, 9.17) is 32.7 Å². The molecule has 3 nitrogen and oxygen atoms in total. The summed E-state index contributed by atoms with van der Waals surface area (Å²) in [6.07, 6.45) is -0.864. The molecule has 0 aliphatic carbocycles. The van der Waals surface area contributed by atoms with Gasteiger partial charge in [-0.2, -0.15) is 0 Å². The largest absolute Gasteiger partial charge is 0.464 e.